The van der Waals surface area contributed by atoms with Crippen molar-refractivity contribution in [1.29, 1.82) is 0 Å². The molecule has 0 radical (unpaired) electrons. The van der Waals surface area contributed by atoms with E-state index < -0.39 is 5.54 Å². The monoisotopic (exact) mass is 154 g/mol. The summed E-state index contributed by atoms with van der Waals surface area (Å²) in [4.78, 5) is 25.3. The van der Waals surface area contributed by atoms with Crippen molar-refractivity contribution in [3.05, 3.63) is 0 Å². The van der Waals surface area contributed by atoms with E-state index in [-0.39, 0.29) is 11.9 Å². The van der Waals surface area contributed by atoms with E-state index in [0.717, 1.165) is 12.8 Å². The molecule has 2 fully saturated rings. The summed E-state index contributed by atoms with van der Waals surface area (Å²) in [7, 11) is 3.23. The van der Waals surface area contributed by atoms with Crippen molar-refractivity contribution in [2.75, 3.05) is 14.1 Å². The molecule has 2 rings (SSSR count). The minimum absolute atomic E-state index is 0.0370. The molecule has 0 aromatic rings. The van der Waals surface area contributed by atoms with Crippen LogP contribution < -0.4 is 0 Å². The van der Waals surface area contributed by atoms with Gasteiger partial charge in [-0.3, -0.25) is 9.69 Å². The van der Waals surface area contributed by atoms with Crippen molar-refractivity contribution < 1.29 is 9.59 Å². The molecule has 11 heavy (non-hydrogen) atoms. The molecular weight excluding hydrogens is 144 g/mol. The highest BCUT2D eigenvalue weighted by atomic mass is 16.2. The summed E-state index contributed by atoms with van der Waals surface area (Å²) in [6.07, 6.45) is 1.66. The number of hydrogen-bond donors (Lipinski definition) is 0. The molecule has 0 aromatic carbocycles. The molecule has 1 saturated heterocycles. The fourth-order valence-corrected chi connectivity index (χ4v) is 1.62. The van der Waals surface area contributed by atoms with Gasteiger partial charge in [-0.15, -0.1) is 0 Å². The molecule has 60 valence electrons. The molecule has 4 heteroatoms. The van der Waals surface area contributed by atoms with Gasteiger partial charge in [-0.05, 0) is 12.8 Å². The van der Waals surface area contributed by atoms with Gasteiger partial charge in [0.05, 0.1) is 0 Å². The smallest absolute Gasteiger partial charge is 0.313 e. The quantitative estimate of drug-likeness (QED) is 0.462. The molecule has 1 aliphatic heterocycles. The zero-order chi connectivity index (χ0) is 8.22. The zero-order valence-electron chi connectivity index (χ0n) is 6.63. The lowest BCUT2D eigenvalue weighted by Crippen LogP contribution is -2.33. The third-order valence-corrected chi connectivity index (χ3v) is 2.64. The summed E-state index contributed by atoms with van der Waals surface area (Å²) in [5, 5.41) is 0. The van der Waals surface area contributed by atoms with Crippen LogP contribution in [-0.4, -0.2) is 41.4 Å². The maximum atomic E-state index is 11.4. The largest absolute Gasteiger partial charge is 0.327 e. The summed E-state index contributed by atoms with van der Waals surface area (Å²) in [5.41, 5.74) is -0.425. The first-order valence-electron chi connectivity index (χ1n) is 3.65. The summed E-state index contributed by atoms with van der Waals surface area (Å²) < 4.78 is 0. The number of rotatable bonds is 0. The second-order valence-corrected chi connectivity index (χ2v) is 3.24. The van der Waals surface area contributed by atoms with Crippen LogP contribution in [0.1, 0.15) is 12.8 Å². The molecule has 0 atom stereocenters. The zero-order valence-corrected chi connectivity index (χ0v) is 6.63. The lowest BCUT2D eigenvalue weighted by atomic mass is 10.2. The highest BCUT2D eigenvalue weighted by molar-refractivity contribution is 6.08. The summed E-state index contributed by atoms with van der Waals surface area (Å²) in [6, 6.07) is -0.174. The fourth-order valence-electron chi connectivity index (χ4n) is 1.62. The van der Waals surface area contributed by atoms with E-state index in [2.05, 4.69) is 0 Å². The normalized spacial score (nSPS) is 27.1. The van der Waals surface area contributed by atoms with Crippen molar-refractivity contribution in [1.82, 2.24) is 9.80 Å². The van der Waals surface area contributed by atoms with Gasteiger partial charge >= 0.3 is 6.03 Å². The van der Waals surface area contributed by atoms with Gasteiger partial charge in [-0.25, -0.2) is 4.79 Å². The van der Waals surface area contributed by atoms with Crippen LogP contribution in [0.25, 0.3) is 0 Å². The number of amides is 3. The molecule has 4 nitrogen and oxygen atoms in total. The maximum absolute atomic E-state index is 11.4. The topological polar surface area (TPSA) is 40.6 Å². The lowest BCUT2D eigenvalue weighted by molar-refractivity contribution is -0.128. The van der Waals surface area contributed by atoms with E-state index in [4.69, 9.17) is 0 Å². The molecule has 1 saturated carbocycles. The van der Waals surface area contributed by atoms with Crippen molar-refractivity contribution >= 4 is 11.9 Å². The van der Waals surface area contributed by atoms with E-state index in [9.17, 15) is 9.59 Å². The number of urea groups is 1. The first kappa shape index (κ1) is 6.64. The third-order valence-electron chi connectivity index (χ3n) is 2.64. The number of likely N-dealkylation sites (N-methyl/N-ethyl adjacent to an activating group) is 2. The van der Waals surface area contributed by atoms with Gasteiger partial charge in [0, 0.05) is 14.1 Å². The molecule has 0 N–H and O–H groups in total. The number of nitrogens with zero attached hydrogens (tertiary/aromatic N) is 2. The van der Waals surface area contributed by atoms with Crippen LogP contribution in [0.3, 0.4) is 0 Å². The molecule has 3 amide bonds. The number of imide groups is 1. The van der Waals surface area contributed by atoms with Crippen LogP contribution in [0, 0.1) is 0 Å². The maximum Gasteiger partial charge on any atom is 0.327 e. The van der Waals surface area contributed by atoms with Crippen LogP contribution >= 0.6 is 0 Å². The van der Waals surface area contributed by atoms with Gasteiger partial charge in [-0.1, -0.05) is 0 Å². The van der Waals surface area contributed by atoms with Gasteiger partial charge in [0.25, 0.3) is 5.91 Å². The van der Waals surface area contributed by atoms with Crippen LogP contribution in [-0.2, 0) is 4.79 Å². The summed E-state index contributed by atoms with van der Waals surface area (Å²) in [6.45, 7) is 0. The van der Waals surface area contributed by atoms with Gasteiger partial charge in [-0.2, -0.15) is 0 Å². The van der Waals surface area contributed by atoms with E-state index in [1.807, 2.05) is 0 Å². The Morgan fingerprint density at radius 3 is 2.00 bits per heavy atom. The number of carbonyl (C=O) groups excluding carboxylic acids is 2. The van der Waals surface area contributed by atoms with Crippen molar-refractivity contribution in [2.24, 2.45) is 0 Å². The summed E-state index contributed by atoms with van der Waals surface area (Å²) >= 11 is 0. The van der Waals surface area contributed by atoms with Crippen molar-refractivity contribution in [3.8, 4) is 0 Å². The Bertz CT molecular complexity index is 245. The van der Waals surface area contributed by atoms with Crippen LogP contribution in [0.15, 0.2) is 0 Å². The molecule has 1 heterocycles. The molecule has 0 bridgehead atoms. The predicted molar refractivity (Wildman–Crippen MR) is 37.9 cm³/mol. The minimum Gasteiger partial charge on any atom is -0.313 e. The van der Waals surface area contributed by atoms with E-state index >= 15 is 0 Å². The van der Waals surface area contributed by atoms with Gasteiger partial charge in [0.1, 0.15) is 5.54 Å². The van der Waals surface area contributed by atoms with Gasteiger partial charge in [0.2, 0.25) is 0 Å². The van der Waals surface area contributed by atoms with Crippen LogP contribution in [0.2, 0.25) is 0 Å². The van der Waals surface area contributed by atoms with Crippen LogP contribution in [0.4, 0.5) is 4.79 Å². The van der Waals surface area contributed by atoms with Gasteiger partial charge in [0.15, 0.2) is 0 Å². The lowest BCUT2D eigenvalue weighted by Gasteiger charge is -2.12. The Hall–Kier alpha value is -1.06. The first-order chi connectivity index (χ1) is 5.09. The van der Waals surface area contributed by atoms with E-state index in [1.165, 1.54) is 11.9 Å². The summed E-state index contributed by atoms with van der Waals surface area (Å²) in [5.74, 6) is -0.0370. The number of hydrogen-bond acceptors (Lipinski definition) is 2. The Labute approximate surface area is 64.8 Å². The molecule has 1 spiro atoms. The Kier molecular flexibility index (Phi) is 0.948. The highest BCUT2D eigenvalue weighted by Crippen LogP contribution is 2.46. The number of carbonyl (C=O) groups is 2. The van der Waals surface area contributed by atoms with Gasteiger partial charge < -0.3 is 4.90 Å². The second-order valence-electron chi connectivity index (χ2n) is 3.24. The second kappa shape index (κ2) is 1.57. The fraction of sp³-hybridized carbons (Fsp3) is 0.714. The van der Waals surface area contributed by atoms with E-state index in [1.54, 1.807) is 11.9 Å². The average molecular weight is 154 g/mol. The van der Waals surface area contributed by atoms with Crippen molar-refractivity contribution in [2.45, 2.75) is 18.4 Å². The average Bonchev–Trinajstić information content (AvgIpc) is 2.76. The minimum atomic E-state index is -0.425. The molecule has 0 aromatic heterocycles. The molecular formula is C7H10N2O2. The van der Waals surface area contributed by atoms with Crippen LogP contribution in [0.5, 0.6) is 0 Å². The molecule has 0 unspecified atom stereocenters. The third kappa shape index (κ3) is 0.552. The Morgan fingerprint density at radius 1 is 1.27 bits per heavy atom. The highest BCUT2D eigenvalue weighted by Gasteiger charge is 2.62. The Morgan fingerprint density at radius 2 is 1.82 bits per heavy atom. The molecule has 2 aliphatic rings. The SMILES string of the molecule is CN1C(=O)N(C)C2(CC2)C1=O. The standard InChI is InChI=1S/C7H10N2O2/c1-8-5(10)7(3-4-7)9(2)6(8)11/h3-4H2,1-2H3. The predicted octanol–water partition coefficient (Wildman–Crippen LogP) is 0.0428. The Balaban J connectivity index is 2.39. The molecule has 1 aliphatic carbocycles. The first-order valence-corrected chi connectivity index (χ1v) is 3.65. The van der Waals surface area contributed by atoms with Crippen molar-refractivity contribution in [3.63, 3.8) is 0 Å². The van der Waals surface area contributed by atoms with E-state index in [0.29, 0.717) is 0 Å².